The van der Waals surface area contributed by atoms with Crippen molar-refractivity contribution in [1.29, 1.82) is 0 Å². The lowest BCUT2D eigenvalue weighted by molar-refractivity contribution is -0.118. The van der Waals surface area contributed by atoms with Crippen LogP contribution in [0.25, 0.3) is 0 Å². The van der Waals surface area contributed by atoms with E-state index in [4.69, 9.17) is 4.74 Å². The van der Waals surface area contributed by atoms with E-state index >= 15 is 0 Å². The average Bonchev–Trinajstić information content (AvgIpc) is 3.21. The van der Waals surface area contributed by atoms with Gasteiger partial charge in [0.1, 0.15) is 5.75 Å². The van der Waals surface area contributed by atoms with Gasteiger partial charge in [-0.3, -0.25) is 4.79 Å². The number of anilines is 2. The molecule has 0 radical (unpaired) electrons. The second kappa shape index (κ2) is 8.75. The van der Waals surface area contributed by atoms with Gasteiger partial charge in [0.25, 0.3) is 5.91 Å². The Morgan fingerprint density at radius 3 is 2.35 bits per heavy atom. The summed E-state index contributed by atoms with van der Waals surface area (Å²) >= 11 is 0. The molecule has 2 aromatic carbocycles. The highest BCUT2D eigenvalue weighted by Gasteiger charge is 2.12. The predicted molar refractivity (Wildman–Crippen MR) is 107 cm³/mol. The van der Waals surface area contributed by atoms with Gasteiger partial charge in [-0.1, -0.05) is 26.0 Å². The van der Waals surface area contributed by atoms with Crippen LogP contribution in [-0.2, 0) is 4.79 Å². The summed E-state index contributed by atoms with van der Waals surface area (Å²) in [5.41, 5.74) is 3.31. The van der Waals surface area contributed by atoms with Gasteiger partial charge in [-0.2, -0.15) is 0 Å². The molecule has 0 saturated carbocycles. The molecule has 4 heteroatoms. The summed E-state index contributed by atoms with van der Waals surface area (Å²) in [7, 11) is 0. The standard InChI is InChI=1S/C22H28N2O2/c1-3-17(2)18-6-12-21(13-7-18)26-16-22(25)23-19-8-10-20(11-9-19)24-14-4-5-15-24/h6-13,17H,3-5,14-16H2,1-2H3,(H,23,25)/t17-/m1/s1. The molecule has 1 amide bonds. The third-order valence-corrected chi connectivity index (χ3v) is 5.05. The second-order valence-corrected chi connectivity index (χ2v) is 6.96. The molecule has 1 aliphatic heterocycles. The largest absolute Gasteiger partial charge is 0.484 e. The molecular formula is C22H28N2O2. The van der Waals surface area contributed by atoms with Gasteiger partial charge >= 0.3 is 0 Å². The lowest BCUT2D eigenvalue weighted by Gasteiger charge is -2.17. The fourth-order valence-electron chi connectivity index (χ4n) is 3.21. The van der Waals surface area contributed by atoms with Gasteiger partial charge in [-0.05, 0) is 67.1 Å². The summed E-state index contributed by atoms with van der Waals surface area (Å²) < 4.78 is 5.59. The number of nitrogens with zero attached hydrogens (tertiary/aromatic N) is 1. The van der Waals surface area contributed by atoms with Crippen LogP contribution in [0.15, 0.2) is 48.5 Å². The minimum atomic E-state index is -0.148. The maximum absolute atomic E-state index is 12.1. The quantitative estimate of drug-likeness (QED) is 0.777. The molecule has 0 unspecified atom stereocenters. The van der Waals surface area contributed by atoms with Gasteiger partial charge in [0, 0.05) is 24.5 Å². The molecule has 1 atom stereocenters. The number of amides is 1. The molecule has 0 aliphatic carbocycles. The highest BCUT2D eigenvalue weighted by Crippen LogP contribution is 2.23. The Labute approximate surface area is 156 Å². The van der Waals surface area contributed by atoms with Crippen LogP contribution in [0.4, 0.5) is 11.4 Å². The Bertz CT molecular complexity index is 704. The van der Waals surface area contributed by atoms with Crippen molar-refractivity contribution in [2.45, 2.75) is 39.0 Å². The number of rotatable bonds is 7. The zero-order valence-corrected chi connectivity index (χ0v) is 15.7. The number of nitrogens with one attached hydrogen (secondary N) is 1. The number of carbonyl (C=O) groups is 1. The second-order valence-electron chi connectivity index (χ2n) is 6.96. The molecule has 138 valence electrons. The number of hydrogen-bond donors (Lipinski definition) is 1. The van der Waals surface area contributed by atoms with Crippen LogP contribution in [-0.4, -0.2) is 25.6 Å². The molecule has 26 heavy (non-hydrogen) atoms. The van der Waals surface area contributed by atoms with E-state index in [1.807, 2.05) is 24.3 Å². The first kappa shape index (κ1) is 18.3. The van der Waals surface area contributed by atoms with E-state index in [1.165, 1.54) is 24.1 Å². The molecule has 1 heterocycles. The van der Waals surface area contributed by atoms with Crippen molar-refractivity contribution in [3.05, 3.63) is 54.1 Å². The maximum Gasteiger partial charge on any atom is 0.262 e. The summed E-state index contributed by atoms with van der Waals surface area (Å²) in [5, 5.41) is 2.89. The van der Waals surface area contributed by atoms with Crippen LogP contribution < -0.4 is 15.0 Å². The molecule has 1 N–H and O–H groups in total. The maximum atomic E-state index is 12.1. The molecule has 1 fully saturated rings. The van der Waals surface area contributed by atoms with Crippen LogP contribution in [0.1, 0.15) is 44.6 Å². The van der Waals surface area contributed by atoms with E-state index in [-0.39, 0.29) is 12.5 Å². The zero-order chi connectivity index (χ0) is 18.4. The summed E-state index contributed by atoms with van der Waals surface area (Å²) in [5.74, 6) is 1.11. The molecule has 0 bridgehead atoms. The van der Waals surface area contributed by atoms with Gasteiger partial charge < -0.3 is 15.0 Å². The van der Waals surface area contributed by atoms with Crippen LogP contribution in [0.2, 0.25) is 0 Å². The number of hydrogen-bond acceptors (Lipinski definition) is 3. The molecule has 3 rings (SSSR count). The summed E-state index contributed by atoms with van der Waals surface area (Å²) in [6.07, 6.45) is 3.63. The number of carbonyl (C=O) groups excluding carboxylic acids is 1. The smallest absolute Gasteiger partial charge is 0.262 e. The topological polar surface area (TPSA) is 41.6 Å². The third kappa shape index (κ3) is 4.78. The Hall–Kier alpha value is -2.49. The van der Waals surface area contributed by atoms with Crippen molar-refractivity contribution in [2.24, 2.45) is 0 Å². The minimum absolute atomic E-state index is 0.0105. The lowest BCUT2D eigenvalue weighted by Crippen LogP contribution is -2.20. The lowest BCUT2D eigenvalue weighted by atomic mass is 9.99. The molecular weight excluding hydrogens is 324 g/mol. The van der Waals surface area contributed by atoms with E-state index in [9.17, 15) is 4.79 Å². The monoisotopic (exact) mass is 352 g/mol. The van der Waals surface area contributed by atoms with E-state index in [2.05, 4.69) is 48.3 Å². The van der Waals surface area contributed by atoms with E-state index < -0.39 is 0 Å². The van der Waals surface area contributed by atoms with Crippen molar-refractivity contribution < 1.29 is 9.53 Å². The Balaban J connectivity index is 1.47. The highest BCUT2D eigenvalue weighted by molar-refractivity contribution is 5.92. The first-order chi connectivity index (χ1) is 12.7. The van der Waals surface area contributed by atoms with Crippen molar-refractivity contribution in [1.82, 2.24) is 0 Å². The van der Waals surface area contributed by atoms with E-state index in [0.29, 0.717) is 5.92 Å². The highest BCUT2D eigenvalue weighted by atomic mass is 16.5. The number of benzene rings is 2. The average molecular weight is 352 g/mol. The third-order valence-electron chi connectivity index (χ3n) is 5.05. The minimum Gasteiger partial charge on any atom is -0.484 e. The summed E-state index contributed by atoms with van der Waals surface area (Å²) in [6.45, 7) is 6.64. The van der Waals surface area contributed by atoms with Gasteiger partial charge in [0.05, 0.1) is 0 Å². The normalized spacial score (nSPS) is 14.9. The van der Waals surface area contributed by atoms with Gasteiger partial charge in [0.2, 0.25) is 0 Å². The Morgan fingerprint density at radius 1 is 1.08 bits per heavy atom. The molecule has 4 nitrogen and oxygen atoms in total. The van der Waals surface area contributed by atoms with E-state index in [0.717, 1.165) is 30.9 Å². The summed E-state index contributed by atoms with van der Waals surface area (Å²) in [6, 6.07) is 16.0. The summed E-state index contributed by atoms with van der Waals surface area (Å²) in [4.78, 5) is 14.5. The van der Waals surface area contributed by atoms with Gasteiger partial charge in [-0.25, -0.2) is 0 Å². The Kier molecular flexibility index (Phi) is 6.16. The fourth-order valence-corrected chi connectivity index (χ4v) is 3.21. The van der Waals surface area contributed by atoms with E-state index in [1.54, 1.807) is 0 Å². The van der Waals surface area contributed by atoms with Crippen molar-refractivity contribution in [3.8, 4) is 5.75 Å². The first-order valence-electron chi connectivity index (χ1n) is 9.53. The molecule has 0 spiro atoms. The van der Waals surface area contributed by atoms with Gasteiger partial charge in [-0.15, -0.1) is 0 Å². The van der Waals surface area contributed by atoms with Crippen LogP contribution in [0, 0.1) is 0 Å². The van der Waals surface area contributed by atoms with Crippen molar-refractivity contribution >= 4 is 17.3 Å². The van der Waals surface area contributed by atoms with Crippen molar-refractivity contribution in [3.63, 3.8) is 0 Å². The molecule has 2 aromatic rings. The first-order valence-corrected chi connectivity index (χ1v) is 9.53. The molecule has 1 saturated heterocycles. The van der Waals surface area contributed by atoms with Crippen LogP contribution in [0.5, 0.6) is 5.75 Å². The zero-order valence-electron chi connectivity index (χ0n) is 15.7. The Morgan fingerprint density at radius 2 is 1.73 bits per heavy atom. The van der Waals surface area contributed by atoms with Crippen LogP contribution in [0.3, 0.4) is 0 Å². The van der Waals surface area contributed by atoms with Gasteiger partial charge in [0.15, 0.2) is 6.61 Å². The fraction of sp³-hybridized carbons (Fsp3) is 0.409. The number of ether oxygens (including phenoxy) is 1. The SMILES string of the molecule is CC[C@@H](C)c1ccc(OCC(=O)Nc2ccc(N3CCCC3)cc2)cc1. The molecule has 1 aliphatic rings. The molecule has 0 aromatic heterocycles. The van der Waals surface area contributed by atoms with Crippen LogP contribution >= 0.6 is 0 Å². The van der Waals surface area contributed by atoms with Crippen molar-refractivity contribution in [2.75, 3.05) is 29.9 Å². The predicted octanol–water partition coefficient (Wildman–Crippen LogP) is 4.82.